The van der Waals surface area contributed by atoms with E-state index in [4.69, 9.17) is 0 Å². The van der Waals surface area contributed by atoms with E-state index in [1.807, 2.05) is 77.1 Å². The third kappa shape index (κ3) is 4.61. The normalized spacial score (nSPS) is 17.9. The summed E-state index contributed by atoms with van der Waals surface area (Å²) in [6.07, 6.45) is 0.298. The van der Waals surface area contributed by atoms with Crippen molar-refractivity contribution in [3.8, 4) is 0 Å². The summed E-state index contributed by atoms with van der Waals surface area (Å²) in [5, 5.41) is 0. The van der Waals surface area contributed by atoms with Crippen LogP contribution in [0.5, 0.6) is 0 Å². The highest BCUT2D eigenvalue weighted by molar-refractivity contribution is 6.23. The van der Waals surface area contributed by atoms with E-state index in [0.29, 0.717) is 12.1 Å². The van der Waals surface area contributed by atoms with E-state index in [0.717, 1.165) is 11.1 Å². The Kier molecular flexibility index (Phi) is 6.11. The maximum absolute atomic E-state index is 13.4. The van der Waals surface area contributed by atoms with Crippen LogP contribution in [0, 0.1) is 12.3 Å². The molecule has 2 unspecified atom stereocenters. The number of hydrogen-bond acceptors (Lipinski definition) is 3. The molecule has 0 spiro atoms. The second kappa shape index (κ2) is 8.42. The van der Waals surface area contributed by atoms with Crippen molar-refractivity contribution in [1.82, 2.24) is 4.90 Å². The molecule has 1 aliphatic rings. The smallest absolute Gasteiger partial charge is 0.257 e. The first-order chi connectivity index (χ1) is 14.1. The molecule has 1 aliphatic heterocycles. The van der Waals surface area contributed by atoms with Crippen molar-refractivity contribution in [2.24, 2.45) is 5.41 Å². The SMILES string of the molecule is Cc1ccc(N2C(=O)CC(N(C(=O)CC(C)(C)C)C(C)c3ccccc3)C2=O)cc1. The number of aryl methyl sites for hydroxylation is 1. The standard InChI is InChI=1S/C25H30N2O3/c1-17-11-13-20(14-12-17)27-22(28)15-21(24(27)30)26(23(29)16-25(3,4)5)18(2)19-9-7-6-8-10-19/h6-14,18,21H,15-16H2,1-5H3. The van der Waals surface area contributed by atoms with Gasteiger partial charge < -0.3 is 4.90 Å². The van der Waals surface area contributed by atoms with Crippen LogP contribution in [0.15, 0.2) is 54.6 Å². The number of amides is 3. The summed E-state index contributed by atoms with van der Waals surface area (Å²) in [6, 6.07) is 15.8. The zero-order valence-corrected chi connectivity index (χ0v) is 18.4. The van der Waals surface area contributed by atoms with Gasteiger partial charge in [0.25, 0.3) is 5.91 Å². The predicted octanol–water partition coefficient (Wildman–Crippen LogP) is 4.65. The van der Waals surface area contributed by atoms with Crippen molar-refractivity contribution in [1.29, 1.82) is 0 Å². The van der Waals surface area contributed by atoms with Crippen molar-refractivity contribution in [2.45, 2.75) is 59.5 Å². The van der Waals surface area contributed by atoms with Crippen molar-refractivity contribution >= 4 is 23.4 Å². The van der Waals surface area contributed by atoms with Crippen LogP contribution in [0.2, 0.25) is 0 Å². The average Bonchev–Trinajstić information content (AvgIpc) is 2.96. The maximum atomic E-state index is 13.4. The Morgan fingerprint density at radius 2 is 1.67 bits per heavy atom. The lowest BCUT2D eigenvalue weighted by molar-refractivity contribution is -0.142. The molecule has 5 nitrogen and oxygen atoms in total. The zero-order valence-electron chi connectivity index (χ0n) is 18.4. The summed E-state index contributed by atoms with van der Waals surface area (Å²) in [4.78, 5) is 42.4. The summed E-state index contributed by atoms with van der Waals surface area (Å²) in [6.45, 7) is 9.86. The number of nitrogens with zero attached hydrogens (tertiary/aromatic N) is 2. The van der Waals surface area contributed by atoms with Gasteiger partial charge in [-0.2, -0.15) is 0 Å². The molecule has 2 aromatic rings. The minimum Gasteiger partial charge on any atom is -0.323 e. The molecule has 0 radical (unpaired) electrons. The molecular formula is C25H30N2O3. The molecule has 2 atom stereocenters. The highest BCUT2D eigenvalue weighted by Gasteiger charge is 2.46. The van der Waals surface area contributed by atoms with Crippen LogP contribution in [0.3, 0.4) is 0 Å². The molecule has 1 fully saturated rings. The van der Waals surface area contributed by atoms with Crippen LogP contribution >= 0.6 is 0 Å². The van der Waals surface area contributed by atoms with Gasteiger partial charge in [0, 0.05) is 6.42 Å². The highest BCUT2D eigenvalue weighted by atomic mass is 16.2. The Morgan fingerprint density at radius 1 is 1.07 bits per heavy atom. The third-order valence-corrected chi connectivity index (χ3v) is 5.42. The van der Waals surface area contributed by atoms with Crippen molar-refractivity contribution in [3.63, 3.8) is 0 Å². The number of imide groups is 1. The van der Waals surface area contributed by atoms with Gasteiger partial charge in [-0.25, -0.2) is 4.90 Å². The van der Waals surface area contributed by atoms with Crippen LogP contribution in [-0.4, -0.2) is 28.7 Å². The first-order valence-electron chi connectivity index (χ1n) is 10.4. The minimum absolute atomic E-state index is 0.000232. The fourth-order valence-corrected chi connectivity index (χ4v) is 3.90. The van der Waals surface area contributed by atoms with Gasteiger partial charge in [-0.15, -0.1) is 0 Å². The molecule has 3 rings (SSSR count). The highest BCUT2D eigenvalue weighted by Crippen LogP contribution is 2.33. The van der Waals surface area contributed by atoms with Gasteiger partial charge in [0.2, 0.25) is 11.8 Å². The van der Waals surface area contributed by atoms with Gasteiger partial charge >= 0.3 is 0 Å². The summed E-state index contributed by atoms with van der Waals surface area (Å²) >= 11 is 0. The van der Waals surface area contributed by atoms with Gasteiger partial charge in [0.15, 0.2) is 0 Å². The molecule has 3 amide bonds. The predicted molar refractivity (Wildman–Crippen MR) is 118 cm³/mol. The number of hydrogen-bond donors (Lipinski definition) is 0. The topological polar surface area (TPSA) is 57.7 Å². The second-order valence-electron chi connectivity index (χ2n) is 9.25. The molecule has 5 heteroatoms. The van der Waals surface area contributed by atoms with Crippen LogP contribution in [0.25, 0.3) is 0 Å². The molecule has 1 saturated heterocycles. The van der Waals surface area contributed by atoms with Crippen LogP contribution in [0.1, 0.15) is 57.7 Å². The Bertz CT molecular complexity index is 929. The maximum Gasteiger partial charge on any atom is 0.257 e. The van der Waals surface area contributed by atoms with Crippen LogP contribution < -0.4 is 4.90 Å². The largest absolute Gasteiger partial charge is 0.323 e. The van der Waals surface area contributed by atoms with E-state index in [2.05, 4.69) is 0 Å². The molecule has 2 aromatic carbocycles. The average molecular weight is 407 g/mol. The molecule has 30 heavy (non-hydrogen) atoms. The van der Waals surface area contributed by atoms with Gasteiger partial charge in [0.1, 0.15) is 6.04 Å². The zero-order chi connectivity index (χ0) is 22.1. The fourth-order valence-electron chi connectivity index (χ4n) is 3.90. The van der Waals surface area contributed by atoms with Gasteiger partial charge in [-0.3, -0.25) is 14.4 Å². The monoisotopic (exact) mass is 406 g/mol. The Labute approximate surface area is 178 Å². The Morgan fingerprint density at radius 3 is 2.23 bits per heavy atom. The van der Waals surface area contributed by atoms with Gasteiger partial charge in [-0.1, -0.05) is 68.8 Å². The van der Waals surface area contributed by atoms with Crippen molar-refractivity contribution in [2.75, 3.05) is 4.90 Å². The Balaban J connectivity index is 1.96. The number of carbonyl (C=O) groups excluding carboxylic acids is 3. The quantitative estimate of drug-likeness (QED) is 0.679. The Hall–Kier alpha value is -2.95. The van der Waals surface area contributed by atoms with E-state index < -0.39 is 6.04 Å². The number of rotatable bonds is 5. The van der Waals surface area contributed by atoms with Crippen molar-refractivity contribution in [3.05, 3.63) is 65.7 Å². The van der Waals surface area contributed by atoms with E-state index in [1.54, 1.807) is 17.0 Å². The molecule has 1 heterocycles. The lowest BCUT2D eigenvalue weighted by Crippen LogP contribution is -2.47. The van der Waals surface area contributed by atoms with E-state index in [9.17, 15) is 14.4 Å². The summed E-state index contributed by atoms with van der Waals surface area (Å²) < 4.78 is 0. The summed E-state index contributed by atoms with van der Waals surface area (Å²) in [7, 11) is 0. The fraction of sp³-hybridized carbons (Fsp3) is 0.400. The summed E-state index contributed by atoms with van der Waals surface area (Å²) in [5.74, 6) is -0.729. The van der Waals surface area contributed by atoms with E-state index in [-0.39, 0.29) is 35.6 Å². The minimum atomic E-state index is -0.802. The molecule has 158 valence electrons. The van der Waals surface area contributed by atoms with E-state index in [1.165, 1.54) is 4.90 Å². The molecule has 0 aliphatic carbocycles. The molecular weight excluding hydrogens is 376 g/mol. The van der Waals surface area contributed by atoms with E-state index >= 15 is 0 Å². The summed E-state index contributed by atoms with van der Waals surface area (Å²) in [5.41, 5.74) is 2.31. The first-order valence-corrected chi connectivity index (χ1v) is 10.4. The molecule has 0 aromatic heterocycles. The molecule has 0 bridgehead atoms. The van der Waals surface area contributed by atoms with Gasteiger partial charge in [-0.05, 0) is 37.0 Å². The number of carbonyl (C=O) groups is 3. The second-order valence-corrected chi connectivity index (χ2v) is 9.25. The lowest BCUT2D eigenvalue weighted by Gasteiger charge is -2.35. The van der Waals surface area contributed by atoms with Gasteiger partial charge in [0.05, 0.1) is 18.2 Å². The lowest BCUT2D eigenvalue weighted by atomic mass is 9.90. The number of benzene rings is 2. The first kappa shape index (κ1) is 21.8. The molecule has 0 saturated carbocycles. The molecule has 0 N–H and O–H groups in total. The van der Waals surface area contributed by atoms with Crippen LogP contribution in [0.4, 0.5) is 5.69 Å². The van der Waals surface area contributed by atoms with Crippen LogP contribution in [-0.2, 0) is 14.4 Å². The van der Waals surface area contributed by atoms with Crippen molar-refractivity contribution < 1.29 is 14.4 Å². The third-order valence-electron chi connectivity index (χ3n) is 5.42. The number of anilines is 1.